The molecule has 0 radical (unpaired) electrons. The van der Waals surface area contributed by atoms with Crippen molar-refractivity contribution in [2.24, 2.45) is 5.92 Å². The predicted octanol–water partition coefficient (Wildman–Crippen LogP) is 5.42. The van der Waals surface area contributed by atoms with Gasteiger partial charge in [0.05, 0.1) is 18.2 Å². The molecule has 0 bridgehead atoms. The van der Waals surface area contributed by atoms with Gasteiger partial charge in [0, 0.05) is 23.0 Å². The van der Waals surface area contributed by atoms with Gasteiger partial charge in [-0.3, -0.25) is 0 Å². The first kappa shape index (κ1) is 20.0. The maximum atomic E-state index is 12.6. The molecule has 1 atom stereocenters. The number of alkyl halides is 3. The maximum absolute atomic E-state index is 12.6. The predicted molar refractivity (Wildman–Crippen MR) is 94.2 cm³/mol. The highest BCUT2D eigenvalue weighted by atomic mass is 32.2. The van der Waals surface area contributed by atoms with Gasteiger partial charge in [0.25, 0.3) is 0 Å². The van der Waals surface area contributed by atoms with E-state index in [1.807, 2.05) is 6.07 Å². The van der Waals surface area contributed by atoms with E-state index >= 15 is 0 Å². The van der Waals surface area contributed by atoms with E-state index < -0.39 is 11.7 Å². The Morgan fingerprint density at radius 3 is 2.46 bits per heavy atom. The van der Waals surface area contributed by atoms with Gasteiger partial charge < -0.3 is 9.84 Å². The first-order chi connectivity index (χ1) is 12.3. The third-order valence-electron chi connectivity index (χ3n) is 3.70. The van der Waals surface area contributed by atoms with E-state index in [4.69, 9.17) is 10.00 Å². The Hall–Kier alpha value is -2.33. The summed E-state index contributed by atoms with van der Waals surface area (Å²) < 4.78 is 43.2. The Labute approximate surface area is 154 Å². The lowest BCUT2D eigenvalue weighted by Gasteiger charge is -2.15. The smallest absolute Gasteiger partial charge is 0.416 e. The van der Waals surface area contributed by atoms with E-state index in [0.29, 0.717) is 11.5 Å². The van der Waals surface area contributed by atoms with Crippen LogP contribution in [-0.2, 0) is 6.18 Å². The summed E-state index contributed by atoms with van der Waals surface area (Å²) in [7, 11) is 0. The van der Waals surface area contributed by atoms with Gasteiger partial charge in [0.2, 0.25) is 0 Å². The van der Waals surface area contributed by atoms with Crippen molar-refractivity contribution in [3.8, 4) is 17.6 Å². The molecule has 0 saturated carbocycles. The molecule has 2 aromatic carbocycles. The van der Waals surface area contributed by atoms with Crippen LogP contribution in [0.25, 0.3) is 0 Å². The summed E-state index contributed by atoms with van der Waals surface area (Å²) in [5, 5.41) is 18.5. The number of ether oxygens (including phenoxy) is 1. The van der Waals surface area contributed by atoms with Crippen LogP contribution in [0.2, 0.25) is 0 Å². The van der Waals surface area contributed by atoms with Crippen LogP contribution in [0.5, 0.6) is 11.5 Å². The van der Waals surface area contributed by atoms with Crippen molar-refractivity contribution in [2.45, 2.75) is 24.4 Å². The average Bonchev–Trinajstić information content (AvgIpc) is 2.60. The number of phenols is 1. The fourth-order valence-electron chi connectivity index (χ4n) is 2.18. The highest BCUT2D eigenvalue weighted by molar-refractivity contribution is 7.99. The summed E-state index contributed by atoms with van der Waals surface area (Å²) in [6.07, 6.45) is -4.09. The number of halogens is 3. The molecule has 3 nitrogen and oxygen atoms in total. The first-order valence-corrected chi connectivity index (χ1v) is 8.87. The molecular weight excluding hydrogens is 363 g/mol. The Morgan fingerprint density at radius 2 is 1.88 bits per heavy atom. The normalized spacial score (nSPS) is 12.4. The second-order valence-electron chi connectivity index (χ2n) is 5.82. The summed E-state index contributed by atoms with van der Waals surface area (Å²) in [6.45, 7) is 2.04. The van der Waals surface area contributed by atoms with Crippen LogP contribution in [0.15, 0.2) is 47.4 Å². The first-order valence-electron chi connectivity index (χ1n) is 7.89. The zero-order valence-electron chi connectivity index (χ0n) is 14.1. The lowest BCUT2D eigenvalue weighted by Crippen LogP contribution is -2.14. The Balaban J connectivity index is 1.91. The number of hydrogen-bond acceptors (Lipinski definition) is 4. The minimum absolute atomic E-state index is 0.0681. The lowest BCUT2D eigenvalue weighted by atomic mass is 10.1. The van der Waals surface area contributed by atoms with Gasteiger partial charge in [-0.15, -0.1) is 11.8 Å². The minimum Gasteiger partial charge on any atom is -0.508 e. The van der Waals surface area contributed by atoms with E-state index in [2.05, 4.69) is 6.07 Å². The molecule has 0 saturated heterocycles. The maximum Gasteiger partial charge on any atom is 0.416 e. The van der Waals surface area contributed by atoms with Crippen LogP contribution < -0.4 is 4.74 Å². The molecule has 0 fully saturated rings. The van der Waals surface area contributed by atoms with Gasteiger partial charge in [-0.25, -0.2) is 0 Å². The molecule has 26 heavy (non-hydrogen) atoms. The summed E-state index contributed by atoms with van der Waals surface area (Å²) >= 11 is 1.54. The Morgan fingerprint density at radius 1 is 1.19 bits per heavy atom. The standard InChI is InChI=1S/C19H18F3NO2S/c1-13-10-17(6-7-18(13)24)26-12-14(8-9-23)11-25-16-4-2-15(3-5-16)19(20,21)22/h2-7,10,14,24H,8,11-12H2,1H3. The summed E-state index contributed by atoms with van der Waals surface area (Å²) in [5.41, 5.74) is 0.0459. The van der Waals surface area contributed by atoms with Crippen molar-refractivity contribution < 1.29 is 23.0 Å². The van der Waals surface area contributed by atoms with Crippen LogP contribution in [-0.4, -0.2) is 17.5 Å². The van der Waals surface area contributed by atoms with Gasteiger partial charge in [0.1, 0.15) is 11.5 Å². The molecule has 138 valence electrons. The monoisotopic (exact) mass is 381 g/mol. The van der Waals surface area contributed by atoms with Gasteiger partial charge >= 0.3 is 6.18 Å². The van der Waals surface area contributed by atoms with Gasteiger partial charge in [-0.1, -0.05) is 0 Å². The van der Waals surface area contributed by atoms with Crippen LogP contribution in [0.1, 0.15) is 17.5 Å². The van der Waals surface area contributed by atoms with Crippen LogP contribution >= 0.6 is 11.8 Å². The number of phenolic OH excluding ortho intramolecular Hbond substituents is 1. The number of aryl methyl sites for hydroxylation is 1. The summed E-state index contributed by atoms with van der Waals surface area (Å²) in [6, 6.07) is 11.9. The molecule has 0 aliphatic heterocycles. The number of benzene rings is 2. The zero-order valence-corrected chi connectivity index (χ0v) is 14.9. The number of aromatic hydroxyl groups is 1. The van der Waals surface area contributed by atoms with Crippen molar-refractivity contribution in [2.75, 3.05) is 12.4 Å². The molecule has 7 heteroatoms. The largest absolute Gasteiger partial charge is 0.508 e. The molecule has 0 aromatic heterocycles. The lowest BCUT2D eigenvalue weighted by molar-refractivity contribution is -0.137. The van der Waals surface area contributed by atoms with Crippen molar-refractivity contribution >= 4 is 11.8 Å². The molecular formula is C19H18F3NO2S. The number of thioether (sulfide) groups is 1. The van der Waals surface area contributed by atoms with Crippen LogP contribution in [0.4, 0.5) is 13.2 Å². The van der Waals surface area contributed by atoms with Crippen LogP contribution in [0, 0.1) is 24.2 Å². The van der Waals surface area contributed by atoms with Gasteiger partial charge in [0.15, 0.2) is 0 Å². The molecule has 0 aliphatic rings. The summed E-state index contributed by atoms with van der Waals surface area (Å²) in [4.78, 5) is 0.970. The van der Waals surface area contributed by atoms with Gasteiger partial charge in [-0.05, 0) is 55.0 Å². The minimum atomic E-state index is -4.37. The van der Waals surface area contributed by atoms with E-state index in [9.17, 15) is 18.3 Å². The average molecular weight is 381 g/mol. The number of hydrogen-bond donors (Lipinski definition) is 1. The third kappa shape index (κ3) is 5.88. The van der Waals surface area contributed by atoms with Crippen molar-refractivity contribution in [3.63, 3.8) is 0 Å². The van der Waals surface area contributed by atoms with Gasteiger partial charge in [-0.2, -0.15) is 18.4 Å². The third-order valence-corrected chi connectivity index (χ3v) is 4.93. The molecule has 2 aromatic rings. The Bertz CT molecular complexity index is 770. The SMILES string of the molecule is Cc1cc(SCC(CC#N)COc2ccc(C(F)(F)F)cc2)ccc1O. The zero-order chi connectivity index (χ0) is 19.2. The van der Waals surface area contributed by atoms with Crippen molar-refractivity contribution in [1.82, 2.24) is 0 Å². The fourth-order valence-corrected chi connectivity index (χ4v) is 3.25. The van der Waals surface area contributed by atoms with E-state index in [0.717, 1.165) is 22.6 Å². The quantitative estimate of drug-likeness (QED) is 0.651. The van der Waals surface area contributed by atoms with E-state index in [-0.39, 0.29) is 24.7 Å². The number of nitriles is 1. The summed E-state index contributed by atoms with van der Waals surface area (Å²) in [5.74, 6) is 1.12. The van der Waals surface area contributed by atoms with Crippen molar-refractivity contribution in [3.05, 3.63) is 53.6 Å². The second kappa shape index (κ2) is 8.86. The molecule has 0 aliphatic carbocycles. The molecule has 0 amide bonds. The molecule has 1 unspecified atom stereocenters. The van der Waals surface area contributed by atoms with E-state index in [1.165, 1.54) is 12.1 Å². The second-order valence-corrected chi connectivity index (χ2v) is 6.91. The highest BCUT2D eigenvalue weighted by Gasteiger charge is 2.30. The highest BCUT2D eigenvalue weighted by Crippen LogP contribution is 2.31. The Kier molecular flexibility index (Phi) is 6.81. The molecule has 0 heterocycles. The topological polar surface area (TPSA) is 53.2 Å². The van der Waals surface area contributed by atoms with Crippen LogP contribution in [0.3, 0.4) is 0 Å². The van der Waals surface area contributed by atoms with Crippen molar-refractivity contribution in [1.29, 1.82) is 5.26 Å². The number of rotatable bonds is 7. The van der Waals surface area contributed by atoms with E-state index in [1.54, 1.807) is 30.8 Å². The number of nitrogens with zero attached hydrogens (tertiary/aromatic N) is 1. The molecule has 2 rings (SSSR count). The fraction of sp³-hybridized carbons (Fsp3) is 0.316. The molecule has 0 spiro atoms. The molecule has 1 N–H and O–H groups in total.